The molecule has 2 aromatic rings. The summed E-state index contributed by atoms with van der Waals surface area (Å²) in [7, 11) is 0. The summed E-state index contributed by atoms with van der Waals surface area (Å²) in [6, 6.07) is 3.18. The average molecular weight is 521 g/mol. The maximum absolute atomic E-state index is 12.4. The van der Waals surface area contributed by atoms with Gasteiger partial charge in [0, 0.05) is 15.9 Å². The zero-order chi connectivity index (χ0) is 19.8. The third-order valence-corrected chi connectivity index (χ3v) is 7.05. The number of hydrogen-bond acceptors (Lipinski definition) is 7. The highest BCUT2D eigenvalue weighted by Gasteiger charge is 2.37. The first-order chi connectivity index (χ1) is 12.6. The van der Waals surface area contributed by atoms with Crippen molar-refractivity contribution < 1.29 is 23.9 Å². The van der Waals surface area contributed by atoms with E-state index in [0.717, 1.165) is 9.40 Å². The van der Waals surface area contributed by atoms with Gasteiger partial charge in [0.15, 0.2) is 6.61 Å². The minimum atomic E-state index is -0.693. The predicted octanol–water partition coefficient (Wildman–Crippen LogP) is 4.69. The number of hydrogen-bond donors (Lipinski definition) is 0. The van der Waals surface area contributed by atoms with Gasteiger partial charge in [0.05, 0.1) is 7.76 Å². The monoisotopic (exact) mass is 521 g/mol. The Morgan fingerprint density at radius 2 is 1.93 bits per heavy atom. The number of Topliss-reactive ketones (excluding diaryl/α,β-unsaturated/α-hetero) is 1. The summed E-state index contributed by atoms with van der Waals surface area (Å²) in [5.74, 6) is -0.784. The Labute approximate surface area is 179 Å². The summed E-state index contributed by atoms with van der Waals surface area (Å²) in [6.45, 7) is 5.46. The number of thiophene rings is 2. The van der Waals surface area contributed by atoms with Crippen LogP contribution in [0.5, 0.6) is 0 Å². The van der Waals surface area contributed by atoms with Crippen LogP contribution in [0.4, 0.5) is 4.79 Å². The van der Waals surface area contributed by atoms with Crippen LogP contribution in [0.15, 0.2) is 12.1 Å². The zero-order valence-corrected chi connectivity index (χ0v) is 19.0. The van der Waals surface area contributed by atoms with Gasteiger partial charge in [-0.25, -0.2) is 9.59 Å². The molecule has 1 saturated heterocycles. The van der Waals surface area contributed by atoms with Crippen molar-refractivity contribution >= 4 is 72.5 Å². The minimum absolute atomic E-state index is 0.228. The van der Waals surface area contributed by atoms with Crippen molar-refractivity contribution in [2.24, 2.45) is 0 Å². The fourth-order valence-electron chi connectivity index (χ4n) is 2.80. The lowest BCUT2D eigenvalue weighted by Crippen LogP contribution is -2.44. The molecule has 6 nitrogen and oxygen atoms in total. The number of halogens is 1. The molecule has 0 spiro atoms. The molecule has 0 saturated carbocycles. The van der Waals surface area contributed by atoms with Gasteiger partial charge in [0.25, 0.3) is 0 Å². The van der Waals surface area contributed by atoms with Crippen LogP contribution in [0.3, 0.4) is 0 Å². The maximum Gasteiger partial charge on any atom is 0.411 e. The molecular weight excluding hydrogens is 501 g/mol. The number of rotatable bonds is 4. The highest BCUT2D eigenvalue weighted by molar-refractivity contribution is 14.1. The largest absolute Gasteiger partial charge is 0.456 e. The van der Waals surface area contributed by atoms with Gasteiger partial charge >= 0.3 is 12.1 Å². The van der Waals surface area contributed by atoms with E-state index in [4.69, 9.17) is 9.47 Å². The van der Waals surface area contributed by atoms with E-state index in [1.54, 1.807) is 32.1 Å². The van der Waals surface area contributed by atoms with Gasteiger partial charge in [0.1, 0.15) is 11.6 Å². The lowest BCUT2D eigenvalue weighted by atomic mass is 10.2. The number of likely N-dealkylation sites (tertiary alicyclic amines) is 1. The Hall–Kier alpha value is -1.20. The summed E-state index contributed by atoms with van der Waals surface area (Å²) in [6.07, 6.45) is 0.688. The molecule has 1 atom stereocenters. The predicted molar refractivity (Wildman–Crippen MR) is 114 cm³/mol. The van der Waals surface area contributed by atoms with E-state index in [9.17, 15) is 14.4 Å². The number of amides is 1. The van der Waals surface area contributed by atoms with Gasteiger partial charge < -0.3 is 9.47 Å². The summed E-state index contributed by atoms with van der Waals surface area (Å²) in [5, 5.41) is 0. The van der Waals surface area contributed by atoms with Crippen LogP contribution >= 0.6 is 45.3 Å². The van der Waals surface area contributed by atoms with Gasteiger partial charge in [0.2, 0.25) is 5.78 Å². The normalized spacial score (nSPS) is 17.3. The number of esters is 1. The van der Waals surface area contributed by atoms with Crippen LogP contribution in [0.2, 0.25) is 0 Å². The second kappa shape index (κ2) is 8.04. The number of carbonyl (C=O) groups is 3. The Morgan fingerprint density at radius 3 is 2.59 bits per heavy atom. The van der Waals surface area contributed by atoms with Gasteiger partial charge in [-0.05, 0) is 68.3 Å². The van der Waals surface area contributed by atoms with Crippen LogP contribution in [0.1, 0.15) is 43.3 Å². The standard InChI is InChI=1S/C18H20INO5S2/c1-18(2,3)25-17(23)20-6-4-5-10(20)16(22)24-9-11(21)12-7-13-14(26-12)8-15(19)27-13/h7-8,10H,4-6,9H2,1-3H3/t10-/m0/s1. The molecule has 1 amide bonds. The number of ketones is 1. The van der Waals surface area contributed by atoms with E-state index in [-0.39, 0.29) is 12.4 Å². The van der Waals surface area contributed by atoms with Gasteiger partial charge in [-0.1, -0.05) is 0 Å². The molecule has 0 bridgehead atoms. The Kier molecular flexibility index (Phi) is 6.11. The molecule has 27 heavy (non-hydrogen) atoms. The summed E-state index contributed by atoms with van der Waals surface area (Å²) in [5.41, 5.74) is -0.631. The van der Waals surface area contributed by atoms with Crippen LogP contribution in [0.25, 0.3) is 9.40 Å². The van der Waals surface area contributed by atoms with Crippen molar-refractivity contribution in [2.45, 2.75) is 45.3 Å². The number of ether oxygens (including phenoxy) is 2. The summed E-state index contributed by atoms with van der Waals surface area (Å²) < 4.78 is 13.9. The minimum Gasteiger partial charge on any atom is -0.456 e. The third kappa shape index (κ3) is 5.00. The van der Waals surface area contributed by atoms with Crippen molar-refractivity contribution in [3.63, 3.8) is 0 Å². The van der Waals surface area contributed by atoms with Crippen molar-refractivity contribution in [1.29, 1.82) is 0 Å². The van der Waals surface area contributed by atoms with Crippen LogP contribution < -0.4 is 0 Å². The lowest BCUT2D eigenvalue weighted by Gasteiger charge is -2.27. The van der Waals surface area contributed by atoms with Gasteiger partial charge in [-0.3, -0.25) is 9.69 Å². The summed E-state index contributed by atoms with van der Waals surface area (Å²) in [4.78, 5) is 39.0. The smallest absolute Gasteiger partial charge is 0.411 e. The van der Waals surface area contributed by atoms with E-state index in [2.05, 4.69) is 22.6 Å². The lowest BCUT2D eigenvalue weighted by molar-refractivity contribution is -0.147. The molecule has 9 heteroatoms. The molecule has 0 N–H and O–H groups in total. The molecule has 0 aliphatic carbocycles. The SMILES string of the molecule is CC(C)(C)OC(=O)N1CCC[C@H]1C(=O)OCC(=O)c1cc2sc(I)cc2s1. The zero-order valence-electron chi connectivity index (χ0n) is 15.2. The molecule has 0 aromatic carbocycles. The highest BCUT2D eigenvalue weighted by Crippen LogP contribution is 2.34. The number of nitrogens with zero attached hydrogens (tertiary/aromatic N) is 1. The fraction of sp³-hybridized carbons (Fsp3) is 0.500. The first-order valence-corrected chi connectivity index (χ1v) is 11.2. The molecule has 1 aliphatic heterocycles. The second-order valence-electron chi connectivity index (χ2n) is 7.25. The first-order valence-electron chi connectivity index (χ1n) is 8.52. The van der Waals surface area contributed by atoms with Crippen LogP contribution in [-0.4, -0.2) is 47.5 Å². The average Bonchev–Trinajstić information content (AvgIpc) is 3.24. The van der Waals surface area contributed by atoms with E-state index < -0.39 is 23.7 Å². The Bertz CT molecular complexity index is 851. The Morgan fingerprint density at radius 1 is 1.22 bits per heavy atom. The van der Waals surface area contributed by atoms with Gasteiger partial charge in [-0.2, -0.15) is 0 Å². The highest BCUT2D eigenvalue weighted by atomic mass is 127. The van der Waals surface area contributed by atoms with Crippen molar-refractivity contribution in [3.05, 3.63) is 19.9 Å². The van der Waals surface area contributed by atoms with E-state index in [1.165, 1.54) is 19.1 Å². The molecule has 3 rings (SSSR count). The van der Waals surface area contributed by atoms with Crippen molar-refractivity contribution in [1.82, 2.24) is 4.90 Å². The van der Waals surface area contributed by atoms with Crippen LogP contribution in [-0.2, 0) is 14.3 Å². The molecule has 0 unspecified atom stereocenters. The molecule has 1 aliphatic rings. The topological polar surface area (TPSA) is 72.9 Å². The van der Waals surface area contributed by atoms with Crippen LogP contribution in [0, 0.1) is 2.88 Å². The molecule has 0 radical (unpaired) electrons. The van der Waals surface area contributed by atoms with E-state index in [0.29, 0.717) is 24.3 Å². The molecule has 2 aromatic heterocycles. The second-order valence-corrected chi connectivity index (χ2v) is 11.3. The number of fused-ring (bicyclic) bond motifs is 1. The molecule has 3 heterocycles. The quantitative estimate of drug-likeness (QED) is 0.332. The number of carbonyl (C=O) groups excluding carboxylic acids is 3. The third-order valence-electron chi connectivity index (χ3n) is 3.95. The molecule has 146 valence electrons. The Balaban J connectivity index is 1.58. The summed E-state index contributed by atoms with van der Waals surface area (Å²) >= 11 is 5.27. The molecular formula is C18H20INO5S2. The van der Waals surface area contributed by atoms with Gasteiger partial charge in [-0.15, -0.1) is 22.7 Å². The van der Waals surface area contributed by atoms with E-state index in [1.807, 2.05) is 12.1 Å². The maximum atomic E-state index is 12.4. The van der Waals surface area contributed by atoms with E-state index >= 15 is 0 Å². The van der Waals surface area contributed by atoms with Crippen molar-refractivity contribution in [3.8, 4) is 0 Å². The fourth-order valence-corrected chi connectivity index (χ4v) is 6.08. The first kappa shape index (κ1) is 20.5. The van der Waals surface area contributed by atoms with Crippen molar-refractivity contribution in [2.75, 3.05) is 13.2 Å². The molecule has 1 fully saturated rings.